The molecule has 1 aromatic carbocycles. The van der Waals surface area contributed by atoms with Crippen molar-refractivity contribution in [2.45, 2.75) is 13.3 Å². The van der Waals surface area contributed by atoms with Crippen molar-refractivity contribution in [2.75, 3.05) is 16.2 Å². The van der Waals surface area contributed by atoms with E-state index >= 15 is 0 Å². The van der Waals surface area contributed by atoms with Crippen molar-refractivity contribution in [3.8, 4) is 0 Å². The molecule has 14 heavy (non-hydrogen) atoms. The summed E-state index contributed by atoms with van der Waals surface area (Å²) in [5.74, 6) is 0.0509. The number of rotatable bonds is 4. The molecule has 0 heterocycles. The van der Waals surface area contributed by atoms with E-state index in [1.165, 1.54) is 12.1 Å². The normalized spacial score (nSPS) is 12.4. The molecule has 0 bridgehead atoms. The molecular formula is C9H13FN2OS. The number of anilines is 2. The number of nitrogens with one attached hydrogen (secondary N) is 1. The van der Waals surface area contributed by atoms with Crippen LogP contribution < -0.4 is 10.5 Å². The van der Waals surface area contributed by atoms with Crippen molar-refractivity contribution in [1.82, 2.24) is 0 Å². The summed E-state index contributed by atoms with van der Waals surface area (Å²) in [5.41, 5.74) is 5.88. The molecule has 0 aromatic heterocycles. The van der Waals surface area contributed by atoms with Gasteiger partial charge in [0.2, 0.25) is 0 Å². The lowest BCUT2D eigenvalue weighted by atomic mass is 10.3. The van der Waals surface area contributed by atoms with Crippen LogP contribution in [0.1, 0.15) is 13.3 Å². The standard InChI is InChI=1S/C9H13FN2OS/c1-2-5-14(13)12-7-3-4-9(11)8(10)6-7/h3-4,6,12H,2,5,11H2,1H3. The Balaban J connectivity index is 2.68. The van der Waals surface area contributed by atoms with E-state index in [2.05, 4.69) is 4.72 Å². The van der Waals surface area contributed by atoms with Crippen LogP contribution in [-0.4, -0.2) is 9.96 Å². The van der Waals surface area contributed by atoms with Gasteiger partial charge >= 0.3 is 0 Å². The fourth-order valence-electron chi connectivity index (χ4n) is 0.958. The summed E-state index contributed by atoms with van der Waals surface area (Å²) in [6.45, 7) is 1.93. The Kier molecular flexibility index (Phi) is 3.88. The molecule has 3 nitrogen and oxygen atoms in total. The van der Waals surface area contributed by atoms with Gasteiger partial charge in [-0.25, -0.2) is 8.60 Å². The van der Waals surface area contributed by atoms with Crippen molar-refractivity contribution >= 4 is 22.4 Å². The summed E-state index contributed by atoms with van der Waals surface area (Å²) < 4.78 is 26.9. The second-order valence-electron chi connectivity index (χ2n) is 2.89. The molecule has 5 heteroatoms. The van der Waals surface area contributed by atoms with Crippen molar-refractivity contribution in [3.05, 3.63) is 24.0 Å². The zero-order valence-electron chi connectivity index (χ0n) is 7.92. The van der Waals surface area contributed by atoms with Crippen LogP contribution in [0.5, 0.6) is 0 Å². The third-order valence-corrected chi connectivity index (χ3v) is 2.86. The van der Waals surface area contributed by atoms with E-state index in [1.807, 2.05) is 6.92 Å². The molecule has 0 saturated carbocycles. The largest absolute Gasteiger partial charge is 0.396 e. The van der Waals surface area contributed by atoms with Crippen molar-refractivity contribution < 1.29 is 8.60 Å². The average molecular weight is 216 g/mol. The first kappa shape index (κ1) is 11.0. The van der Waals surface area contributed by atoms with E-state index in [0.717, 1.165) is 6.42 Å². The highest BCUT2D eigenvalue weighted by atomic mass is 32.2. The minimum Gasteiger partial charge on any atom is -0.396 e. The minimum absolute atomic E-state index is 0.0943. The quantitative estimate of drug-likeness (QED) is 0.755. The van der Waals surface area contributed by atoms with Gasteiger partial charge < -0.3 is 10.5 Å². The van der Waals surface area contributed by atoms with E-state index in [4.69, 9.17) is 5.73 Å². The smallest absolute Gasteiger partial charge is 0.148 e. The van der Waals surface area contributed by atoms with E-state index in [1.54, 1.807) is 6.07 Å². The summed E-state index contributed by atoms with van der Waals surface area (Å²) in [6, 6.07) is 4.29. The fourth-order valence-corrected chi connectivity index (χ4v) is 1.82. The van der Waals surface area contributed by atoms with Gasteiger partial charge in [0.05, 0.1) is 5.69 Å². The Morgan fingerprint density at radius 1 is 1.57 bits per heavy atom. The number of benzene rings is 1. The van der Waals surface area contributed by atoms with E-state index in [-0.39, 0.29) is 5.69 Å². The fraction of sp³-hybridized carbons (Fsp3) is 0.333. The van der Waals surface area contributed by atoms with Gasteiger partial charge in [0.1, 0.15) is 16.8 Å². The first-order valence-electron chi connectivity index (χ1n) is 4.33. The molecule has 0 aliphatic rings. The Hall–Kier alpha value is -1.10. The molecular weight excluding hydrogens is 203 g/mol. The van der Waals surface area contributed by atoms with Crippen LogP contribution in [0.25, 0.3) is 0 Å². The lowest BCUT2D eigenvalue weighted by Crippen LogP contribution is -2.08. The molecule has 0 radical (unpaired) electrons. The highest BCUT2D eigenvalue weighted by molar-refractivity contribution is 7.86. The maximum Gasteiger partial charge on any atom is 0.148 e. The van der Waals surface area contributed by atoms with Crippen molar-refractivity contribution in [1.29, 1.82) is 0 Å². The Labute approximate surface area is 85.1 Å². The SMILES string of the molecule is CCCS(=O)Nc1ccc(N)c(F)c1. The molecule has 78 valence electrons. The van der Waals surface area contributed by atoms with Crippen molar-refractivity contribution in [3.63, 3.8) is 0 Å². The number of nitrogens with two attached hydrogens (primary N) is 1. The van der Waals surface area contributed by atoms with Gasteiger partial charge in [0, 0.05) is 17.5 Å². The summed E-state index contributed by atoms with van der Waals surface area (Å²) in [6.07, 6.45) is 0.817. The van der Waals surface area contributed by atoms with Crippen LogP contribution in [0.15, 0.2) is 18.2 Å². The van der Waals surface area contributed by atoms with Crippen LogP contribution in [0.3, 0.4) is 0 Å². The number of halogens is 1. The highest BCUT2D eigenvalue weighted by Gasteiger charge is 2.02. The maximum atomic E-state index is 13.0. The third-order valence-electron chi connectivity index (χ3n) is 1.62. The summed E-state index contributed by atoms with van der Waals surface area (Å²) >= 11 is 0. The number of hydrogen-bond acceptors (Lipinski definition) is 2. The molecule has 0 spiro atoms. The molecule has 0 saturated heterocycles. The molecule has 0 amide bonds. The molecule has 0 aliphatic carbocycles. The topological polar surface area (TPSA) is 55.1 Å². The summed E-state index contributed by atoms with van der Waals surface area (Å²) in [5, 5.41) is 0. The van der Waals surface area contributed by atoms with Crippen LogP contribution in [0, 0.1) is 5.82 Å². The van der Waals surface area contributed by atoms with E-state index in [0.29, 0.717) is 11.4 Å². The van der Waals surface area contributed by atoms with E-state index < -0.39 is 16.8 Å². The zero-order chi connectivity index (χ0) is 10.6. The zero-order valence-corrected chi connectivity index (χ0v) is 8.73. The number of nitrogen functional groups attached to an aromatic ring is 1. The predicted molar refractivity (Wildman–Crippen MR) is 57.7 cm³/mol. The minimum atomic E-state index is -1.14. The van der Waals surface area contributed by atoms with Gasteiger partial charge in [-0.2, -0.15) is 0 Å². The molecule has 0 fully saturated rings. The Morgan fingerprint density at radius 3 is 2.86 bits per heavy atom. The molecule has 3 N–H and O–H groups in total. The molecule has 1 aromatic rings. The average Bonchev–Trinajstić information content (AvgIpc) is 2.12. The lowest BCUT2D eigenvalue weighted by Gasteiger charge is -2.05. The van der Waals surface area contributed by atoms with Crippen LogP contribution in [0.4, 0.5) is 15.8 Å². The first-order valence-corrected chi connectivity index (χ1v) is 5.65. The van der Waals surface area contributed by atoms with Gasteiger partial charge in [-0.1, -0.05) is 6.92 Å². The van der Waals surface area contributed by atoms with Gasteiger partial charge in [-0.05, 0) is 18.6 Å². The maximum absolute atomic E-state index is 13.0. The summed E-state index contributed by atoms with van der Waals surface area (Å²) in [4.78, 5) is 0. The lowest BCUT2D eigenvalue weighted by molar-refractivity contribution is 0.633. The van der Waals surface area contributed by atoms with Gasteiger partial charge in [-0.15, -0.1) is 0 Å². The van der Waals surface area contributed by atoms with Crippen LogP contribution in [-0.2, 0) is 11.0 Å². The second kappa shape index (κ2) is 4.95. The van der Waals surface area contributed by atoms with Gasteiger partial charge in [0.15, 0.2) is 0 Å². The molecule has 1 rings (SSSR count). The third kappa shape index (κ3) is 2.99. The molecule has 1 unspecified atom stereocenters. The monoisotopic (exact) mass is 216 g/mol. The Morgan fingerprint density at radius 2 is 2.29 bits per heavy atom. The van der Waals surface area contributed by atoms with Gasteiger partial charge in [-0.3, -0.25) is 0 Å². The first-order chi connectivity index (χ1) is 6.63. The second-order valence-corrected chi connectivity index (χ2v) is 4.19. The molecule has 1 atom stereocenters. The van der Waals surface area contributed by atoms with Crippen LogP contribution >= 0.6 is 0 Å². The number of hydrogen-bond donors (Lipinski definition) is 2. The Bertz CT molecular complexity index is 344. The predicted octanol–water partition coefficient (Wildman–Crippen LogP) is 1.89. The highest BCUT2D eigenvalue weighted by Crippen LogP contribution is 2.16. The van der Waals surface area contributed by atoms with E-state index in [9.17, 15) is 8.60 Å². The molecule has 0 aliphatic heterocycles. The van der Waals surface area contributed by atoms with Crippen molar-refractivity contribution in [2.24, 2.45) is 0 Å². The van der Waals surface area contributed by atoms with Crippen LogP contribution in [0.2, 0.25) is 0 Å². The van der Waals surface area contributed by atoms with Gasteiger partial charge in [0.25, 0.3) is 0 Å². The summed E-state index contributed by atoms with van der Waals surface area (Å²) in [7, 11) is -1.14.